The molecule has 0 unspecified atom stereocenters. The van der Waals surface area contributed by atoms with E-state index in [1.165, 1.54) is 6.33 Å². The van der Waals surface area contributed by atoms with Gasteiger partial charge in [0.1, 0.15) is 24.2 Å². The van der Waals surface area contributed by atoms with E-state index in [1.54, 1.807) is 59.4 Å². The lowest BCUT2D eigenvalue weighted by Gasteiger charge is -2.28. The van der Waals surface area contributed by atoms with Crippen LogP contribution in [0, 0.1) is 0 Å². The van der Waals surface area contributed by atoms with Gasteiger partial charge in [-0.1, -0.05) is 0 Å². The van der Waals surface area contributed by atoms with Crippen LogP contribution in [0.3, 0.4) is 0 Å². The molecule has 0 radical (unpaired) electrons. The summed E-state index contributed by atoms with van der Waals surface area (Å²) in [5, 5.41) is 5.77. The van der Waals surface area contributed by atoms with Gasteiger partial charge in [-0.2, -0.15) is 0 Å². The summed E-state index contributed by atoms with van der Waals surface area (Å²) in [5.41, 5.74) is 6.88. The van der Waals surface area contributed by atoms with Gasteiger partial charge in [0.2, 0.25) is 7.44 Å². The zero-order chi connectivity index (χ0) is 27.0. The highest BCUT2D eigenvalue weighted by molar-refractivity contribution is 7.59. The van der Waals surface area contributed by atoms with E-state index in [4.69, 9.17) is 19.9 Å². The summed E-state index contributed by atoms with van der Waals surface area (Å²) >= 11 is 0. The van der Waals surface area contributed by atoms with Gasteiger partial charge in [-0.25, -0.2) is 25.1 Å². The van der Waals surface area contributed by atoms with Crippen LogP contribution in [0.2, 0.25) is 0 Å². The topological polar surface area (TPSA) is 173 Å². The van der Waals surface area contributed by atoms with E-state index in [2.05, 4.69) is 25.1 Å². The van der Waals surface area contributed by atoms with E-state index >= 15 is 0 Å². The number of nitrogen functional groups attached to an aromatic ring is 1. The van der Waals surface area contributed by atoms with Crippen molar-refractivity contribution in [3.63, 3.8) is 0 Å². The number of nitrogens with zero attached hydrogens (tertiary/aromatic N) is 4. The lowest BCUT2D eigenvalue weighted by Crippen LogP contribution is -2.41. The van der Waals surface area contributed by atoms with Gasteiger partial charge in [0.05, 0.1) is 37.6 Å². The molecule has 0 spiro atoms. The number of hydrogen-bond acceptors (Lipinski definition) is 10. The minimum atomic E-state index is -3.52. The maximum atomic E-state index is 13.8. The quantitative estimate of drug-likeness (QED) is 0.242. The Hall–Kier alpha value is -2.60. The number of nitrogens with one attached hydrogen (secondary N) is 2. The third kappa shape index (κ3) is 9.12. The zero-order valence-corrected chi connectivity index (χ0v) is 22.8. The fourth-order valence-electron chi connectivity index (χ4n) is 3.37. The summed E-state index contributed by atoms with van der Waals surface area (Å²) < 4.78 is 31.9. The van der Waals surface area contributed by atoms with Gasteiger partial charge >= 0.3 is 11.9 Å². The fraction of sp³-hybridized carbons (Fsp3) is 0.682. The second kappa shape index (κ2) is 13.1. The first-order valence-electron chi connectivity index (χ1n) is 11.9. The van der Waals surface area contributed by atoms with Gasteiger partial charge in [0, 0.05) is 6.04 Å². The highest BCUT2D eigenvalue weighted by Gasteiger charge is 2.31. The maximum absolute atomic E-state index is 13.8. The Morgan fingerprint density at radius 3 is 2.33 bits per heavy atom. The number of esters is 2. The molecule has 0 aromatic carbocycles. The number of aromatic nitrogens is 4. The lowest BCUT2D eigenvalue weighted by molar-refractivity contribution is -0.149. The Kier molecular flexibility index (Phi) is 10.8. The van der Waals surface area contributed by atoms with Crippen molar-refractivity contribution in [3.05, 3.63) is 12.7 Å². The van der Waals surface area contributed by atoms with Crippen LogP contribution in [0.25, 0.3) is 11.2 Å². The molecule has 4 N–H and O–H groups in total. The van der Waals surface area contributed by atoms with Crippen LogP contribution in [-0.4, -0.2) is 68.2 Å². The highest BCUT2D eigenvalue weighted by Crippen LogP contribution is 2.38. The van der Waals surface area contributed by atoms with E-state index in [0.29, 0.717) is 17.7 Å². The van der Waals surface area contributed by atoms with Crippen LogP contribution in [0.1, 0.15) is 54.9 Å². The van der Waals surface area contributed by atoms with Crippen molar-refractivity contribution in [2.75, 3.05) is 12.1 Å². The summed E-state index contributed by atoms with van der Waals surface area (Å²) in [7, 11) is -3.52. The average molecular weight is 528 g/mol. The Morgan fingerprint density at radius 1 is 1.03 bits per heavy atom. The maximum Gasteiger partial charge on any atom is 0.323 e. The molecule has 36 heavy (non-hydrogen) atoms. The Morgan fingerprint density at radius 2 is 1.69 bits per heavy atom. The third-order valence-corrected chi connectivity index (χ3v) is 6.98. The summed E-state index contributed by atoms with van der Waals surface area (Å²) in [5.74, 6) is -0.696. The summed E-state index contributed by atoms with van der Waals surface area (Å²) in [6, 6.07) is -1.39. The second-order valence-corrected chi connectivity index (χ2v) is 11.5. The lowest BCUT2D eigenvalue weighted by atomic mass is 10.2. The van der Waals surface area contributed by atoms with Crippen molar-refractivity contribution < 1.29 is 28.4 Å². The fourth-order valence-corrected chi connectivity index (χ4v) is 5.59. The number of carbonyl (C=O) groups excluding carboxylic acids is 2. The highest BCUT2D eigenvalue weighted by atomic mass is 31.2. The third-order valence-electron chi connectivity index (χ3n) is 4.80. The molecule has 0 aliphatic rings. The summed E-state index contributed by atoms with van der Waals surface area (Å²) in [4.78, 5) is 36.8. The van der Waals surface area contributed by atoms with E-state index in [9.17, 15) is 14.2 Å². The van der Waals surface area contributed by atoms with E-state index in [-0.39, 0.29) is 30.8 Å². The zero-order valence-electron chi connectivity index (χ0n) is 21.9. The van der Waals surface area contributed by atoms with Gasteiger partial charge in [-0.05, 0) is 48.5 Å². The number of carbonyl (C=O) groups is 2. The minimum absolute atomic E-state index is 0.00756. The predicted octanol–water partition coefficient (Wildman–Crippen LogP) is 2.21. The molecule has 0 saturated heterocycles. The van der Waals surface area contributed by atoms with Crippen molar-refractivity contribution in [3.8, 4) is 0 Å². The number of ether oxygens (including phenoxy) is 3. The molecule has 0 saturated carbocycles. The smallest absolute Gasteiger partial charge is 0.323 e. The number of imidazole rings is 1. The van der Waals surface area contributed by atoms with Crippen LogP contribution in [0.4, 0.5) is 5.82 Å². The Balaban J connectivity index is 2.09. The molecular formula is C22H38N7O6P. The number of rotatable bonds is 14. The number of anilines is 1. The molecule has 0 amide bonds. The van der Waals surface area contributed by atoms with Crippen molar-refractivity contribution >= 4 is 36.4 Å². The van der Waals surface area contributed by atoms with Crippen molar-refractivity contribution in [1.82, 2.24) is 29.7 Å². The molecule has 0 aliphatic carbocycles. The molecule has 2 aromatic heterocycles. The molecule has 4 atom stereocenters. The van der Waals surface area contributed by atoms with Gasteiger partial charge in [-0.3, -0.25) is 14.2 Å². The SMILES string of the molecule is CC(C)OC(=O)C[C@H](C)N[P@](=O)(CO[C@H](C)Cn1cnc2c(N)ncnc21)N[C@@H](C)C(=O)OC(C)C. The van der Waals surface area contributed by atoms with E-state index in [0.717, 1.165) is 0 Å². The number of hydrogen-bond donors (Lipinski definition) is 3. The van der Waals surface area contributed by atoms with E-state index in [1.807, 2.05) is 0 Å². The van der Waals surface area contributed by atoms with Gasteiger partial charge < -0.3 is 24.5 Å². The molecule has 2 heterocycles. The van der Waals surface area contributed by atoms with Gasteiger partial charge in [-0.15, -0.1) is 0 Å². The largest absolute Gasteiger partial charge is 0.463 e. The first-order chi connectivity index (χ1) is 16.8. The first kappa shape index (κ1) is 29.6. The monoisotopic (exact) mass is 527 g/mol. The van der Waals surface area contributed by atoms with Crippen LogP contribution in [0.5, 0.6) is 0 Å². The molecule has 14 heteroatoms. The van der Waals surface area contributed by atoms with Crippen LogP contribution >= 0.6 is 7.44 Å². The Labute approximate surface area is 211 Å². The standard InChI is InChI=1S/C22H38N7O6P/c1-13(2)34-18(30)8-15(5)27-36(32,28-17(7)22(31)35-14(3)4)12-33-16(6)9-29-11-26-19-20(23)24-10-25-21(19)29/h10-11,13-17H,8-9,12H2,1-7H3,(H2,23,24,25)(H2,27,28,32)/t15-,16+,17-,36+/m0/s1. The molecule has 2 rings (SSSR count). The van der Waals surface area contributed by atoms with Crippen LogP contribution < -0.4 is 15.9 Å². The molecule has 202 valence electrons. The van der Waals surface area contributed by atoms with Crippen LogP contribution in [-0.2, 0) is 34.9 Å². The Bertz CT molecular complexity index is 1080. The minimum Gasteiger partial charge on any atom is -0.463 e. The average Bonchev–Trinajstić information content (AvgIpc) is 3.15. The van der Waals surface area contributed by atoms with Crippen molar-refractivity contribution in [2.24, 2.45) is 0 Å². The van der Waals surface area contributed by atoms with Gasteiger partial charge in [0.15, 0.2) is 11.5 Å². The summed E-state index contributed by atoms with van der Waals surface area (Å²) in [6.07, 6.45) is 1.69. The van der Waals surface area contributed by atoms with Crippen molar-refractivity contribution in [1.29, 1.82) is 0 Å². The molecular weight excluding hydrogens is 489 g/mol. The summed E-state index contributed by atoms with van der Waals surface area (Å²) in [6.45, 7) is 12.4. The second-order valence-electron chi connectivity index (χ2n) is 9.28. The predicted molar refractivity (Wildman–Crippen MR) is 135 cm³/mol. The van der Waals surface area contributed by atoms with Gasteiger partial charge in [0.25, 0.3) is 0 Å². The molecule has 0 bridgehead atoms. The molecule has 2 aromatic rings. The molecule has 0 fully saturated rings. The number of nitrogens with two attached hydrogens (primary N) is 1. The van der Waals surface area contributed by atoms with Crippen LogP contribution in [0.15, 0.2) is 12.7 Å². The molecule has 13 nitrogen and oxygen atoms in total. The number of fused-ring (bicyclic) bond motifs is 1. The molecule has 0 aliphatic heterocycles. The first-order valence-corrected chi connectivity index (χ1v) is 13.8. The van der Waals surface area contributed by atoms with E-state index < -0.39 is 37.6 Å². The van der Waals surface area contributed by atoms with Crippen molar-refractivity contribution in [2.45, 2.75) is 91.8 Å². The normalized spacial score (nSPS) is 16.0.